The average molecular weight is 415 g/mol. The standard InChI is InChI=1S/C23H29NO6/c1-5-28-20-11-15-9-10-24-22(17(15)13-21(20)29-6-2)16-7-8-18(19(12-16)27-4)30-14(3)23(25)26/h7-8,11-14,22,24H,5-6,9-10H2,1-4H3,(H,25,26)/t14-,22-/m0/s1. The Bertz CT molecular complexity index is 898. The van der Waals surface area contributed by atoms with Crippen molar-refractivity contribution >= 4 is 5.97 Å². The highest BCUT2D eigenvalue weighted by Crippen LogP contribution is 2.38. The summed E-state index contributed by atoms with van der Waals surface area (Å²) >= 11 is 0. The summed E-state index contributed by atoms with van der Waals surface area (Å²) < 4.78 is 22.5. The molecule has 2 aromatic carbocycles. The van der Waals surface area contributed by atoms with Crippen LogP contribution in [0.15, 0.2) is 30.3 Å². The number of carbonyl (C=O) groups is 1. The molecule has 1 heterocycles. The maximum Gasteiger partial charge on any atom is 0.162 e. The molecule has 0 saturated carbocycles. The monoisotopic (exact) mass is 415 g/mol. The second-order valence-electron chi connectivity index (χ2n) is 7.11. The Morgan fingerprint density at radius 1 is 1.10 bits per heavy atom. The van der Waals surface area contributed by atoms with Crippen LogP contribution in [0.25, 0.3) is 0 Å². The number of rotatable bonds is 9. The summed E-state index contributed by atoms with van der Waals surface area (Å²) in [6.07, 6.45) is -0.128. The van der Waals surface area contributed by atoms with Gasteiger partial charge in [0.15, 0.2) is 23.0 Å². The number of benzene rings is 2. The molecule has 0 fully saturated rings. The molecule has 0 radical (unpaired) electrons. The third-order valence-corrected chi connectivity index (χ3v) is 5.14. The van der Waals surface area contributed by atoms with Crippen LogP contribution in [0.4, 0.5) is 0 Å². The Labute approximate surface area is 176 Å². The highest BCUT2D eigenvalue weighted by molar-refractivity contribution is 5.70. The lowest BCUT2D eigenvalue weighted by atomic mass is 9.89. The third-order valence-electron chi connectivity index (χ3n) is 5.14. The number of hydrogen-bond donors (Lipinski definition) is 1. The van der Waals surface area contributed by atoms with Crippen molar-refractivity contribution in [3.05, 3.63) is 47.0 Å². The molecule has 0 unspecified atom stereocenters. The number of nitrogens with two attached hydrogens (primary N) is 1. The Kier molecular flexibility index (Phi) is 7.05. The van der Waals surface area contributed by atoms with Crippen LogP contribution in [0, 0.1) is 0 Å². The predicted molar refractivity (Wildman–Crippen MR) is 109 cm³/mol. The summed E-state index contributed by atoms with van der Waals surface area (Å²) in [5.41, 5.74) is 3.44. The zero-order chi connectivity index (χ0) is 21.7. The first kappa shape index (κ1) is 21.8. The minimum atomic E-state index is -1.27. The Balaban J connectivity index is 1.97. The number of quaternary nitrogens is 1. The van der Waals surface area contributed by atoms with E-state index < -0.39 is 12.1 Å². The van der Waals surface area contributed by atoms with Crippen molar-refractivity contribution in [3.8, 4) is 23.0 Å². The van der Waals surface area contributed by atoms with Crippen molar-refractivity contribution in [2.45, 2.75) is 39.3 Å². The van der Waals surface area contributed by atoms with E-state index in [-0.39, 0.29) is 6.04 Å². The topological polar surface area (TPSA) is 93.7 Å². The fraction of sp³-hybridized carbons (Fsp3) is 0.435. The molecule has 162 valence electrons. The molecule has 2 N–H and O–H groups in total. The summed E-state index contributed by atoms with van der Waals surface area (Å²) in [5, 5.41) is 13.3. The predicted octanol–water partition coefficient (Wildman–Crippen LogP) is 1.22. The van der Waals surface area contributed by atoms with E-state index >= 15 is 0 Å². The highest BCUT2D eigenvalue weighted by Gasteiger charge is 2.28. The number of methoxy groups -OCH3 is 1. The largest absolute Gasteiger partial charge is 0.546 e. The summed E-state index contributed by atoms with van der Waals surface area (Å²) in [6.45, 7) is 7.43. The van der Waals surface area contributed by atoms with Crippen molar-refractivity contribution < 1.29 is 34.2 Å². The van der Waals surface area contributed by atoms with E-state index in [4.69, 9.17) is 18.9 Å². The normalized spacial score (nSPS) is 16.3. The van der Waals surface area contributed by atoms with Crippen LogP contribution in [0.3, 0.4) is 0 Å². The first-order chi connectivity index (χ1) is 14.5. The van der Waals surface area contributed by atoms with Gasteiger partial charge in [-0.15, -0.1) is 0 Å². The van der Waals surface area contributed by atoms with Crippen LogP contribution >= 0.6 is 0 Å². The number of aliphatic carboxylic acids is 1. The molecule has 0 saturated heterocycles. The Hall–Kier alpha value is -2.93. The Morgan fingerprint density at radius 2 is 1.80 bits per heavy atom. The van der Waals surface area contributed by atoms with Crippen molar-refractivity contribution in [1.82, 2.24) is 0 Å². The highest BCUT2D eigenvalue weighted by atomic mass is 16.5. The first-order valence-electron chi connectivity index (χ1n) is 10.3. The lowest BCUT2D eigenvalue weighted by Gasteiger charge is -2.26. The van der Waals surface area contributed by atoms with E-state index in [1.54, 1.807) is 6.07 Å². The lowest BCUT2D eigenvalue weighted by molar-refractivity contribution is -0.690. The second kappa shape index (κ2) is 9.71. The minimum Gasteiger partial charge on any atom is -0.546 e. The number of hydrogen-bond acceptors (Lipinski definition) is 6. The van der Waals surface area contributed by atoms with Crippen molar-refractivity contribution in [1.29, 1.82) is 0 Å². The van der Waals surface area contributed by atoms with E-state index in [0.717, 1.165) is 30.0 Å². The number of carbonyl (C=O) groups excluding carboxylic acids is 1. The quantitative estimate of drug-likeness (QED) is 0.662. The van der Waals surface area contributed by atoms with Gasteiger partial charge in [0.1, 0.15) is 12.1 Å². The molecule has 3 rings (SSSR count). The van der Waals surface area contributed by atoms with E-state index in [1.807, 2.05) is 26.0 Å². The number of carboxylic acid groups (broad SMARTS) is 1. The average Bonchev–Trinajstić information content (AvgIpc) is 2.74. The number of ether oxygens (including phenoxy) is 4. The van der Waals surface area contributed by atoms with Gasteiger partial charge in [-0.2, -0.15) is 0 Å². The van der Waals surface area contributed by atoms with Crippen LogP contribution in [-0.2, 0) is 11.2 Å². The van der Waals surface area contributed by atoms with Gasteiger partial charge in [0.25, 0.3) is 0 Å². The molecule has 30 heavy (non-hydrogen) atoms. The number of fused-ring (bicyclic) bond motifs is 1. The first-order valence-corrected chi connectivity index (χ1v) is 10.3. The molecule has 7 heteroatoms. The van der Waals surface area contributed by atoms with Gasteiger partial charge >= 0.3 is 0 Å². The molecular formula is C23H29NO6. The molecule has 0 aliphatic carbocycles. The molecule has 2 aromatic rings. The van der Waals surface area contributed by atoms with E-state index in [9.17, 15) is 9.90 Å². The molecule has 0 spiro atoms. The molecule has 7 nitrogen and oxygen atoms in total. The van der Waals surface area contributed by atoms with Gasteiger partial charge in [-0.25, -0.2) is 0 Å². The number of carboxylic acids is 1. The van der Waals surface area contributed by atoms with Gasteiger partial charge in [0.2, 0.25) is 0 Å². The fourth-order valence-electron chi connectivity index (χ4n) is 3.72. The van der Waals surface area contributed by atoms with E-state index in [1.165, 1.54) is 25.2 Å². The van der Waals surface area contributed by atoms with Crippen LogP contribution < -0.4 is 29.4 Å². The van der Waals surface area contributed by atoms with Gasteiger partial charge in [-0.05, 0) is 56.7 Å². The van der Waals surface area contributed by atoms with Gasteiger partial charge in [-0.1, -0.05) is 0 Å². The van der Waals surface area contributed by atoms with Crippen molar-refractivity contribution in [3.63, 3.8) is 0 Å². The SMILES string of the molecule is CCOc1cc2c(cc1OCC)[C@H](c1ccc(O[C@@H](C)C(=O)[O-])c(OC)c1)[NH2+]CC2. The summed E-state index contributed by atoms with van der Waals surface area (Å²) in [7, 11) is 1.54. The maximum absolute atomic E-state index is 11.0. The summed E-state index contributed by atoms with van der Waals surface area (Å²) in [4.78, 5) is 11.0. The smallest absolute Gasteiger partial charge is 0.162 e. The van der Waals surface area contributed by atoms with Crippen LogP contribution in [0.5, 0.6) is 23.0 Å². The third kappa shape index (κ3) is 4.62. The molecule has 2 atom stereocenters. The van der Waals surface area contributed by atoms with E-state index in [2.05, 4.69) is 17.4 Å². The van der Waals surface area contributed by atoms with Crippen molar-refractivity contribution in [2.75, 3.05) is 26.9 Å². The molecular weight excluding hydrogens is 386 g/mol. The van der Waals surface area contributed by atoms with Gasteiger partial charge in [0.05, 0.1) is 32.8 Å². The van der Waals surface area contributed by atoms with Gasteiger partial charge < -0.3 is 34.2 Å². The molecule has 1 aliphatic heterocycles. The minimum absolute atomic E-state index is 0.0603. The zero-order valence-corrected chi connectivity index (χ0v) is 17.9. The second-order valence-corrected chi connectivity index (χ2v) is 7.11. The lowest BCUT2D eigenvalue weighted by Crippen LogP contribution is -2.87. The molecule has 0 bridgehead atoms. The van der Waals surface area contributed by atoms with Gasteiger partial charge in [0, 0.05) is 17.5 Å². The van der Waals surface area contributed by atoms with Crippen LogP contribution in [0.2, 0.25) is 0 Å². The molecule has 1 aliphatic rings. The van der Waals surface area contributed by atoms with Crippen LogP contribution in [0.1, 0.15) is 43.5 Å². The van der Waals surface area contributed by atoms with Gasteiger partial charge in [-0.3, -0.25) is 0 Å². The summed E-state index contributed by atoms with van der Waals surface area (Å²) in [5.74, 6) is 1.10. The van der Waals surface area contributed by atoms with Crippen LogP contribution in [-0.4, -0.2) is 38.9 Å². The zero-order valence-electron chi connectivity index (χ0n) is 17.9. The van der Waals surface area contributed by atoms with Crippen molar-refractivity contribution in [2.24, 2.45) is 0 Å². The van der Waals surface area contributed by atoms with E-state index in [0.29, 0.717) is 24.7 Å². The molecule has 0 amide bonds. The Morgan fingerprint density at radius 3 is 2.43 bits per heavy atom. The maximum atomic E-state index is 11.0. The molecule has 0 aromatic heterocycles. The summed E-state index contributed by atoms with van der Waals surface area (Å²) in [6, 6.07) is 9.79. The fourth-order valence-corrected chi connectivity index (χ4v) is 3.72.